The van der Waals surface area contributed by atoms with E-state index >= 15 is 0 Å². The van der Waals surface area contributed by atoms with Crippen LogP contribution in [0.1, 0.15) is 36.7 Å². The fourth-order valence-corrected chi connectivity index (χ4v) is 1.38. The molecule has 0 bridgehead atoms. The van der Waals surface area contributed by atoms with Gasteiger partial charge in [0, 0.05) is 11.3 Å². The zero-order valence-corrected chi connectivity index (χ0v) is 7.50. The summed E-state index contributed by atoms with van der Waals surface area (Å²) in [5, 5.41) is 0. The van der Waals surface area contributed by atoms with Crippen LogP contribution in [0.5, 0.6) is 0 Å². The summed E-state index contributed by atoms with van der Waals surface area (Å²) in [6.07, 6.45) is 0. The highest BCUT2D eigenvalue weighted by atomic mass is 16.5. The van der Waals surface area contributed by atoms with Crippen molar-refractivity contribution >= 4 is 0 Å². The van der Waals surface area contributed by atoms with Gasteiger partial charge in [-0.15, -0.1) is 0 Å². The Morgan fingerprint density at radius 1 is 1.33 bits per heavy atom. The SMILES string of the molecule is CC(C)c1ccc2c(n1)COC2. The molecule has 2 nitrogen and oxygen atoms in total. The summed E-state index contributed by atoms with van der Waals surface area (Å²) < 4.78 is 5.29. The molecule has 0 aliphatic carbocycles. The van der Waals surface area contributed by atoms with Crippen LogP contribution >= 0.6 is 0 Å². The molecule has 64 valence electrons. The van der Waals surface area contributed by atoms with Crippen molar-refractivity contribution in [2.75, 3.05) is 0 Å². The van der Waals surface area contributed by atoms with Crippen molar-refractivity contribution in [3.05, 3.63) is 29.1 Å². The quantitative estimate of drug-likeness (QED) is 0.633. The lowest BCUT2D eigenvalue weighted by Crippen LogP contribution is -1.96. The van der Waals surface area contributed by atoms with Gasteiger partial charge < -0.3 is 4.74 Å². The van der Waals surface area contributed by atoms with Gasteiger partial charge in [-0.2, -0.15) is 0 Å². The summed E-state index contributed by atoms with van der Waals surface area (Å²) in [6, 6.07) is 4.23. The van der Waals surface area contributed by atoms with E-state index in [0.717, 1.165) is 12.3 Å². The third-order valence-electron chi connectivity index (χ3n) is 2.18. The number of hydrogen-bond acceptors (Lipinski definition) is 2. The Labute approximate surface area is 72.6 Å². The van der Waals surface area contributed by atoms with Gasteiger partial charge in [-0.25, -0.2) is 0 Å². The van der Waals surface area contributed by atoms with E-state index in [2.05, 4.69) is 31.0 Å². The third-order valence-corrected chi connectivity index (χ3v) is 2.18. The molecule has 0 amide bonds. The molecule has 2 heteroatoms. The molecule has 0 fully saturated rings. The fraction of sp³-hybridized carbons (Fsp3) is 0.500. The molecule has 1 aliphatic rings. The van der Waals surface area contributed by atoms with Crippen LogP contribution in [0.3, 0.4) is 0 Å². The number of pyridine rings is 1. The van der Waals surface area contributed by atoms with Crippen molar-refractivity contribution in [3.63, 3.8) is 0 Å². The first-order chi connectivity index (χ1) is 5.77. The summed E-state index contributed by atoms with van der Waals surface area (Å²) >= 11 is 0. The predicted octanol–water partition coefficient (Wildman–Crippen LogP) is 2.24. The van der Waals surface area contributed by atoms with Gasteiger partial charge in [0.05, 0.1) is 18.9 Å². The van der Waals surface area contributed by atoms with Gasteiger partial charge in [0.25, 0.3) is 0 Å². The number of fused-ring (bicyclic) bond motifs is 1. The van der Waals surface area contributed by atoms with Crippen LogP contribution in [0.15, 0.2) is 12.1 Å². The normalized spacial score (nSPS) is 15.2. The molecule has 0 saturated heterocycles. The lowest BCUT2D eigenvalue weighted by Gasteiger charge is -2.05. The molecule has 1 aromatic rings. The first kappa shape index (κ1) is 7.74. The minimum Gasteiger partial charge on any atom is -0.370 e. The van der Waals surface area contributed by atoms with Crippen LogP contribution in [0.25, 0.3) is 0 Å². The topological polar surface area (TPSA) is 22.1 Å². The predicted molar refractivity (Wildman–Crippen MR) is 46.8 cm³/mol. The molecule has 0 saturated carbocycles. The molecule has 12 heavy (non-hydrogen) atoms. The van der Waals surface area contributed by atoms with E-state index in [0.29, 0.717) is 12.5 Å². The van der Waals surface area contributed by atoms with Crippen molar-refractivity contribution in [3.8, 4) is 0 Å². The van der Waals surface area contributed by atoms with E-state index in [4.69, 9.17) is 4.74 Å². The van der Waals surface area contributed by atoms with Crippen LogP contribution in [0.4, 0.5) is 0 Å². The van der Waals surface area contributed by atoms with Crippen LogP contribution in [-0.2, 0) is 18.0 Å². The first-order valence-electron chi connectivity index (χ1n) is 4.34. The largest absolute Gasteiger partial charge is 0.370 e. The second-order valence-electron chi connectivity index (χ2n) is 3.49. The number of nitrogens with zero attached hydrogens (tertiary/aromatic N) is 1. The maximum atomic E-state index is 5.29. The van der Waals surface area contributed by atoms with Crippen molar-refractivity contribution < 1.29 is 4.74 Å². The lowest BCUT2D eigenvalue weighted by atomic mass is 10.1. The van der Waals surface area contributed by atoms with Crippen LogP contribution < -0.4 is 0 Å². The summed E-state index contributed by atoms with van der Waals surface area (Å²) in [5.74, 6) is 0.510. The maximum absolute atomic E-state index is 5.29. The molecular weight excluding hydrogens is 150 g/mol. The smallest absolute Gasteiger partial charge is 0.0896 e. The standard InChI is InChI=1S/C10H13NO/c1-7(2)9-4-3-8-5-12-6-10(8)11-9/h3-4,7H,5-6H2,1-2H3. The Kier molecular flexibility index (Phi) is 1.85. The van der Waals surface area contributed by atoms with Crippen molar-refractivity contribution in [1.29, 1.82) is 0 Å². The number of aromatic nitrogens is 1. The minimum atomic E-state index is 0.510. The summed E-state index contributed by atoms with van der Waals surface area (Å²) in [5.41, 5.74) is 3.54. The minimum absolute atomic E-state index is 0.510. The second-order valence-corrected chi connectivity index (χ2v) is 3.49. The molecule has 0 unspecified atom stereocenters. The highest BCUT2D eigenvalue weighted by Crippen LogP contribution is 2.20. The van der Waals surface area contributed by atoms with Gasteiger partial charge in [0.15, 0.2) is 0 Å². The Morgan fingerprint density at radius 2 is 2.17 bits per heavy atom. The molecule has 1 aromatic heterocycles. The summed E-state index contributed by atoms with van der Waals surface area (Å²) in [7, 11) is 0. The van der Waals surface area contributed by atoms with Gasteiger partial charge in [-0.1, -0.05) is 19.9 Å². The first-order valence-corrected chi connectivity index (χ1v) is 4.34. The third kappa shape index (κ3) is 1.23. The zero-order chi connectivity index (χ0) is 8.55. The molecule has 2 rings (SSSR count). The van der Waals surface area contributed by atoms with Gasteiger partial charge in [0.2, 0.25) is 0 Å². The fourth-order valence-electron chi connectivity index (χ4n) is 1.38. The van der Waals surface area contributed by atoms with E-state index in [1.54, 1.807) is 0 Å². The number of ether oxygens (including phenoxy) is 1. The molecule has 0 spiro atoms. The Hall–Kier alpha value is -0.890. The van der Waals surface area contributed by atoms with E-state index in [-0.39, 0.29) is 0 Å². The van der Waals surface area contributed by atoms with Gasteiger partial charge >= 0.3 is 0 Å². The molecule has 0 atom stereocenters. The Bertz CT molecular complexity index is 294. The van der Waals surface area contributed by atoms with Crippen molar-refractivity contribution in [2.24, 2.45) is 0 Å². The highest BCUT2D eigenvalue weighted by molar-refractivity contribution is 5.25. The second kappa shape index (κ2) is 2.87. The molecule has 0 radical (unpaired) electrons. The van der Waals surface area contributed by atoms with Crippen LogP contribution in [-0.4, -0.2) is 4.98 Å². The highest BCUT2D eigenvalue weighted by Gasteiger charge is 2.13. The molecule has 2 heterocycles. The average molecular weight is 163 g/mol. The van der Waals surface area contributed by atoms with Crippen molar-refractivity contribution in [1.82, 2.24) is 4.98 Å². The number of hydrogen-bond donors (Lipinski definition) is 0. The van der Waals surface area contributed by atoms with Crippen LogP contribution in [0, 0.1) is 0 Å². The van der Waals surface area contributed by atoms with E-state index in [9.17, 15) is 0 Å². The molecular formula is C10H13NO. The molecule has 0 aromatic carbocycles. The van der Waals surface area contributed by atoms with Crippen LogP contribution in [0.2, 0.25) is 0 Å². The lowest BCUT2D eigenvalue weighted by molar-refractivity contribution is 0.133. The summed E-state index contributed by atoms with van der Waals surface area (Å²) in [6.45, 7) is 5.74. The van der Waals surface area contributed by atoms with Gasteiger partial charge in [0.1, 0.15) is 0 Å². The molecule has 0 N–H and O–H groups in total. The molecule has 1 aliphatic heterocycles. The zero-order valence-electron chi connectivity index (χ0n) is 7.50. The Morgan fingerprint density at radius 3 is 2.92 bits per heavy atom. The van der Waals surface area contributed by atoms with E-state index in [1.165, 1.54) is 11.3 Å². The Balaban J connectivity index is 2.39. The van der Waals surface area contributed by atoms with Gasteiger partial charge in [-0.3, -0.25) is 4.98 Å². The number of rotatable bonds is 1. The van der Waals surface area contributed by atoms with E-state index < -0.39 is 0 Å². The van der Waals surface area contributed by atoms with E-state index in [1.807, 2.05) is 0 Å². The van der Waals surface area contributed by atoms with Gasteiger partial charge in [-0.05, 0) is 12.0 Å². The monoisotopic (exact) mass is 163 g/mol. The summed E-state index contributed by atoms with van der Waals surface area (Å²) in [4.78, 5) is 4.53. The van der Waals surface area contributed by atoms with Crippen molar-refractivity contribution in [2.45, 2.75) is 33.0 Å². The maximum Gasteiger partial charge on any atom is 0.0896 e. The average Bonchev–Trinajstić information content (AvgIpc) is 2.49.